The highest BCUT2D eigenvalue weighted by Gasteiger charge is 2.05. The molecule has 0 saturated carbocycles. The highest BCUT2D eigenvalue weighted by molar-refractivity contribution is 7.98. The minimum atomic E-state index is -0.300. The van der Waals surface area contributed by atoms with Crippen LogP contribution >= 0.6 is 11.8 Å². The molecule has 0 spiro atoms. The van der Waals surface area contributed by atoms with Crippen LogP contribution in [0, 0.1) is 17.1 Å². The fourth-order valence-electron chi connectivity index (χ4n) is 1.97. The van der Waals surface area contributed by atoms with Crippen LogP contribution in [-0.4, -0.2) is 6.54 Å². The molecule has 108 valence electrons. The molecule has 0 aliphatic rings. The van der Waals surface area contributed by atoms with Crippen molar-refractivity contribution in [3.05, 3.63) is 65.0 Å². The van der Waals surface area contributed by atoms with Crippen molar-refractivity contribution >= 4 is 11.8 Å². The third kappa shape index (κ3) is 4.59. The third-order valence-corrected chi connectivity index (χ3v) is 4.10. The number of hydrogen-bond donors (Lipinski definition) is 1. The van der Waals surface area contributed by atoms with Gasteiger partial charge in [-0.2, -0.15) is 5.26 Å². The summed E-state index contributed by atoms with van der Waals surface area (Å²) >= 11 is 1.61. The van der Waals surface area contributed by atoms with E-state index in [9.17, 15) is 4.39 Å². The van der Waals surface area contributed by atoms with Gasteiger partial charge in [-0.15, -0.1) is 11.8 Å². The zero-order valence-corrected chi connectivity index (χ0v) is 12.7. The zero-order chi connectivity index (χ0) is 15.1. The lowest BCUT2D eigenvalue weighted by Crippen LogP contribution is -2.11. The molecule has 0 aliphatic carbocycles. The van der Waals surface area contributed by atoms with E-state index >= 15 is 0 Å². The molecular weight excluding hydrogens is 283 g/mol. The van der Waals surface area contributed by atoms with Crippen LogP contribution in [0.15, 0.2) is 47.4 Å². The van der Waals surface area contributed by atoms with Crippen molar-refractivity contribution < 1.29 is 4.39 Å². The van der Waals surface area contributed by atoms with E-state index in [1.807, 2.05) is 12.1 Å². The highest BCUT2D eigenvalue weighted by atomic mass is 32.2. The molecule has 0 fully saturated rings. The van der Waals surface area contributed by atoms with Gasteiger partial charge in [-0.1, -0.05) is 19.1 Å². The van der Waals surface area contributed by atoms with E-state index in [4.69, 9.17) is 5.26 Å². The molecule has 1 N–H and O–H groups in total. The van der Waals surface area contributed by atoms with Crippen molar-refractivity contribution in [1.82, 2.24) is 5.32 Å². The lowest BCUT2D eigenvalue weighted by molar-refractivity contribution is 0.626. The van der Waals surface area contributed by atoms with Gasteiger partial charge in [0.15, 0.2) is 0 Å². The molecule has 0 unspecified atom stereocenters. The summed E-state index contributed by atoms with van der Waals surface area (Å²) in [4.78, 5) is 1.12. The van der Waals surface area contributed by atoms with E-state index in [1.54, 1.807) is 11.8 Å². The Kier molecular flexibility index (Phi) is 5.79. The molecule has 0 bridgehead atoms. The van der Waals surface area contributed by atoms with E-state index in [0.29, 0.717) is 11.3 Å². The number of halogens is 1. The second-order valence-electron chi connectivity index (χ2n) is 4.63. The molecule has 0 aromatic heterocycles. The third-order valence-electron chi connectivity index (χ3n) is 3.06. The van der Waals surface area contributed by atoms with Gasteiger partial charge in [0.05, 0.1) is 11.6 Å². The lowest BCUT2D eigenvalue weighted by atomic mass is 10.1. The smallest absolute Gasteiger partial charge is 0.123 e. The Morgan fingerprint density at radius 3 is 2.86 bits per heavy atom. The van der Waals surface area contributed by atoms with Gasteiger partial charge in [0.1, 0.15) is 5.82 Å². The van der Waals surface area contributed by atoms with Crippen molar-refractivity contribution in [2.75, 3.05) is 6.54 Å². The summed E-state index contributed by atoms with van der Waals surface area (Å²) < 4.78 is 13.3. The number of benzene rings is 2. The molecule has 0 aliphatic heterocycles. The maximum absolute atomic E-state index is 13.3. The largest absolute Gasteiger partial charge is 0.313 e. The summed E-state index contributed by atoms with van der Waals surface area (Å²) in [6.07, 6.45) is 0. The Balaban J connectivity index is 2.06. The van der Waals surface area contributed by atoms with Crippen molar-refractivity contribution in [2.45, 2.75) is 24.1 Å². The van der Waals surface area contributed by atoms with Gasteiger partial charge in [-0.05, 0) is 48.0 Å². The Morgan fingerprint density at radius 2 is 2.10 bits per heavy atom. The Morgan fingerprint density at radius 1 is 1.24 bits per heavy atom. The number of thioether (sulfide) groups is 1. The minimum absolute atomic E-state index is 0.300. The summed E-state index contributed by atoms with van der Waals surface area (Å²) in [7, 11) is 0. The van der Waals surface area contributed by atoms with Crippen LogP contribution in [-0.2, 0) is 12.3 Å². The van der Waals surface area contributed by atoms with Crippen molar-refractivity contribution in [2.24, 2.45) is 0 Å². The number of rotatable bonds is 6. The summed E-state index contributed by atoms with van der Waals surface area (Å²) in [6.45, 7) is 3.85. The summed E-state index contributed by atoms with van der Waals surface area (Å²) in [5.74, 6) is 0.288. The lowest BCUT2D eigenvalue weighted by Gasteiger charge is -2.07. The van der Waals surface area contributed by atoms with Gasteiger partial charge >= 0.3 is 0 Å². The van der Waals surface area contributed by atoms with Gasteiger partial charge in [0, 0.05) is 17.2 Å². The topological polar surface area (TPSA) is 35.8 Å². The van der Waals surface area contributed by atoms with Crippen molar-refractivity contribution in [3.63, 3.8) is 0 Å². The average molecular weight is 300 g/mol. The average Bonchev–Trinajstić information content (AvgIpc) is 2.51. The maximum atomic E-state index is 13.3. The quantitative estimate of drug-likeness (QED) is 0.816. The van der Waals surface area contributed by atoms with Crippen LogP contribution in [0.25, 0.3) is 0 Å². The van der Waals surface area contributed by atoms with Gasteiger partial charge in [-0.3, -0.25) is 0 Å². The molecule has 2 aromatic carbocycles. The molecule has 0 atom stereocenters. The standard InChI is InChI=1S/C17H17FN2S/c1-2-20-11-13-4-3-5-17(8-13)21-12-15-9-16(18)7-6-14(15)10-19/h3-9,20H,2,11-12H2,1H3. The monoisotopic (exact) mass is 300 g/mol. The number of nitrogens with one attached hydrogen (secondary N) is 1. The Hall–Kier alpha value is -1.83. The molecule has 4 heteroatoms. The predicted molar refractivity (Wildman–Crippen MR) is 84.5 cm³/mol. The summed E-state index contributed by atoms with van der Waals surface area (Å²) in [5, 5.41) is 12.3. The molecule has 0 heterocycles. The number of hydrogen-bond acceptors (Lipinski definition) is 3. The van der Waals surface area contributed by atoms with E-state index in [-0.39, 0.29) is 5.82 Å². The summed E-state index contributed by atoms with van der Waals surface area (Å²) in [5.41, 5.74) is 2.49. The normalized spacial score (nSPS) is 10.3. The van der Waals surface area contributed by atoms with Gasteiger partial charge in [0.25, 0.3) is 0 Å². The molecule has 2 rings (SSSR count). The highest BCUT2D eigenvalue weighted by Crippen LogP contribution is 2.25. The molecule has 0 amide bonds. The van der Waals surface area contributed by atoms with Gasteiger partial charge in [0.2, 0.25) is 0 Å². The van der Waals surface area contributed by atoms with Crippen molar-refractivity contribution in [1.29, 1.82) is 5.26 Å². The minimum Gasteiger partial charge on any atom is -0.313 e. The molecular formula is C17H17FN2S. The van der Waals surface area contributed by atoms with Crippen LogP contribution in [0.4, 0.5) is 4.39 Å². The SMILES string of the molecule is CCNCc1cccc(SCc2cc(F)ccc2C#N)c1. The van der Waals surface area contributed by atoms with E-state index in [2.05, 4.69) is 30.4 Å². The number of nitrogens with zero attached hydrogens (tertiary/aromatic N) is 1. The predicted octanol–water partition coefficient (Wildman–Crippen LogP) is 4.10. The zero-order valence-electron chi connectivity index (χ0n) is 11.9. The first-order valence-corrected chi connectivity index (χ1v) is 7.82. The molecule has 21 heavy (non-hydrogen) atoms. The van der Waals surface area contributed by atoms with Gasteiger partial charge < -0.3 is 5.32 Å². The van der Waals surface area contributed by atoms with Gasteiger partial charge in [-0.25, -0.2) is 4.39 Å². The fraction of sp³-hybridized carbons (Fsp3) is 0.235. The molecule has 2 nitrogen and oxygen atoms in total. The molecule has 0 saturated heterocycles. The van der Waals surface area contributed by atoms with E-state index in [1.165, 1.54) is 23.8 Å². The molecule has 0 radical (unpaired) electrons. The van der Waals surface area contributed by atoms with Crippen LogP contribution in [0.5, 0.6) is 0 Å². The number of nitriles is 1. The van der Waals surface area contributed by atoms with Crippen LogP contribution < -0.4 is 5.32 Å². The van der Waals surface area contributed by atoms with Crippen molar-refractivity contribution in [3.8, 4) is 6.07 Å². The first-order chi connectivity index (χ1) is 10.2. The van der Waals surface area contributed by atoms with Crippen LogP contribution in [0.2, 0.25) is 0 Å². The fourth-order valence-corrected chi connectivity index (χ4v) is 2.94. The first kappa shape index (κ1) is 15.6. The second-order valence-corrected chi connectivity index (χ2v) is 5.68. The maximum Gasteiger partial charge on any atom is 0.123 e. The van der Waals surface area contributed by atoms with Crippen LogP contribution in [0.3, 0.4) is 0 Å². The van der Waals surface area contributed by atoms with E-state index < -0.39 is 0 Å². The Labute approximate surface area is 129 Å². The Bertz CT molecular complexity index is 649. The second kappa shape index (κ2) is 7.82. The van der Waals surface area contributed by atoms with E-state index in [0.717, 1.165) is 23.5 Å². The molecule has 2 aromatic rings. The van der Waals surface area contributed by atoms with Crippen LogP contribution in [0.1, 0.15) is 23.6 Å². The summed E-state index contributed by atoms with van der Waals surface area (Å²) in [6, 6.07) is 14.7. The first-order valence-electron chi connectivity index (χ1n) is 6.84.